The third-order valence-electron chi connectivity index (χ3n) is 5.11. The van der Waals surface area contributed by atoms with E-state index in [9.17, 15) is 0 Å². The number of rotatable bonds is 0. The average molecular weight is 298 g/mol. The maximum Gasteiger partial charge on any atom is 0.169 e. The highest BCUT2D eigenvalue weighted by molar-refractivity contribution is 6.26. The topological polar surface area (TPSA) is 17.8 Å². The standard InChI is InChI=1S/C19H15N2.Al/c1-11-6-7-13-8-9-14-10-16-20-15-5-3-4-12(2)18(15)21(16)19(14)17(11)13;/h3-5,8-9H,7,10H2,1-2H3;. The minimum absolute atomic E-state index is 0.941. The lowest BCUT2D eigenvalue weighted by Gasteiger charge is -2.13. The van der Waals surface area contributed by atoms with Gasteiger partial charge in [0, 0.05) is 12.0 Å². The molecule has 2 nitrogen and oxygen atoms in total. The Hall–Kier alpha value is -1.82. The lowest BCUT2D eigenvalue weighted by atomic mass is 9.99. The highest BCUT2D eigenvalue weighted by atomic mass is 27.0. The van der Waals surface area contributed by atoms with E-state index < -0.39 is 0 Å². The summed E-state index contributed by atoms with van der Waals surface area (Å²) in [5.74, 6) is 1.18. The summed E-state index contributed by atoms with van der Waals surface area (Å²) >= 11 is 2.92. The Labute approximate surface area is 137 Å². The molecule has 0 amide bonds. The van der Waals surface area contributed by atoms with Crippen molar-refractivity contribution in [3.8, 4) is 5.69 Å². The lowest BCUT2D eigenvalue weighted by molar-refractivity contribution is 1.01. The van der Waals surface area contributed by atoms with Crippen LogP contribution >= 0.6 is 0 Å². The van der Waals surface area contributed by atoms with Gasteiger partial charge >= 0.3 is 0 Å². The normalized spacial score (nSPS) is 15.4. The van der Waals surface area contributed by atoms with Gasteiger partial charge in [-0.05, 0) is 43.0 Å². The van der Waals surface area contributed by atoms with Crippen LogP contribution in [-0.4, -0.2) is 25.8 Å². The molecule has 5 rings (SSSR count). The van der Waals surface area contributed by atoms with Crippen LogP contribution in [0.1, 0.15) is 35.0 Å². The van der Waals surface area contributed by atoms with E-state index in [1.165, 1.54) is 49.3 Å². The second kappa shape index (κ2) is 4.13. The van der Waals surface area contributed by atoms with Gasteiger partial charge in [0.1, 0.15) is 5.82 Å². The molecule has 2 aromatic carbocycles. The minimum Gasteiger partial charge on any atom is -0.295 e. The molecule has 0 saturated heterocycles. The molecule has 0 N–H and O–H groups in total. The van der Waals surface area contributed by atoms with Gasteiger partial charge in [-0.2, -0.15) is 4.44 Å². The van der Waals surface area contributed by atoms with Gasteiger partial charge in [-0.3, -0.25) is 4.57 Å². The summed E-state index contributed by atoms with van der Waals surface area (Å²) in [6, 6.07) is 11.0. The third-order valence-corrected chi connectivity index (χ3v) is 5.74. The van der Waals surface area contributed by atoms with E-state index >= 15 is 0 Å². The van der Waals surface area contributed by atoms with Crippen LogP contribution in [0.25, 0.3) is 22.3 Å². The van der Waals surface area contributed by atoms with E-state index in [1.807, 2.05) is 0 Å². The van der Waals surface area contributed by atoms with Crippen molar-refractivity contribution in [1.82, 2.24) is 9.55 Å². The Morgan fingerprint density at radius 1 is 1.05 bits per heavy atom. The molecule has 0 fully saturated rings. The molecular formula is C19H15AlN2. The Morgan fingerprint density at radius 2 is 1.86 bits per heavy atom. The summed E-state index contributed by atoms with van der Waals surface area (Å²) < 4.78 is 3.82. The molecule has 104 valence electrons. The fourth-order valence-electron chi connectivity index (χ4n) is 4.01. The van der Waals surface area contributed by atoms with E-state index in [-0.39, 0.29) is 0 Å². The molecule has 0 unspecified atom stereocenters. The van der Waals surface area contributed by atoms with Crippen molar-refractivity contribution >= 4 is 32.9 Å². The lowest BCUT2D eigenvalue weighted by Crippen LogP contribution is -1.99. The molecule has 0 atom stereocenters. The predicted octanol–water partition coefficient (Wildman–Crippen LogP) is 3.69. The number of benzene rings is 2. The Morgan fingerprint density at radius 3 is 2.73 bits per heavy atom. The number of imidazole rings is 1. The van der Waals surface area contributed by atoms with Crippen molar-refractivity contribution in [3.05, 3.63) is 62.8 Å². The number of aromatic nitrogens is 2. The van der Waals surface area contributed by atoms with Crippen molar-refractivity contribution in [2.75, 3.05) is 0 Å². The molecule has 1 aliphatic heterocycles. The molecule has 0 spiro atoms. The Bertz CT molecular complexity index is 1010. The van der Waals surface area contributed by atoms with Crippen molar-refractivity contribution < 1.29 is 0 Å². The summed E-state index contributed by atoms with van der Waals surface area (Å²) in [5, 5.41) is 0. The maximum atomic E-state index is 4.88. The van der Waals surface area contributed by atoms with Crippen molar-refractivity contribution in [2.45, 2.75) is 26.7 Å². The van der Waals surface area contributed by atoms with Crippen LogP contribution in [0.15, 0.2) is 34.8 Å². The van der Waals surface area contributed by atoms with E-state index in [0.29, 0.717) is 0 Å². The quantitative estimate of drug-likeness (QED) is 0.453. The van der Waals surface area contributed by atoms with E-state index in [4.69, 9.17) is 4.98 Å². The monoisotopic (exact) mass is 298 g/mol. The molecule has 2 aliphatic rings. The highest BCUT2D eigenvalue weighted by Gasteiger charge is 2.29. The van der Waals surface area contributed by atoms with Crippen molar-refractivity contribution in [3.63, 3.8) is 0 Å². The van der Waals surface area contributed by atoms with Crippen LogP contribution in [0.3, 0.4) is 0 Å². The first-order chi connectivity index (χ1) is 10.6. The number of nitrogens with zero attached hydrogens (tertiary/aromatic N) is 2. The SMILES string of the molecule is CC1=[C]([Al])Cc2ccc3c(c21)-n1c(nc2cccc(C)c21)C3. The van der Waals surface area contributed by atoms with Crippen LogP contribution < -0.4 is 0 Å². The van der Waals surface area contributed by atoms with Crippen LogP contribution in [-0.2, 0) is 12.8 Å². The van der Waals surface area contributed by atoms with Crippen LogP contribution in [0.2, 0.25) is 0 Å². The third kappa shape index (κ3) is 1.43. The average Bonchev–Trinajstić information content (AvgIpc) is 3.10. The van der Waals surface area contributed by atoms with Crippen molar-refractivity contribution in [1.29, 1.82) is 0 Å². The molecule has 0 saturated carbocycles. The van der Waals surface area contributed by atoms with Gasteiger partial charge in [0.25, 0.3) is 0 Å². The van der Waals surface area contributed by atoms with Crippen LogP contribution in [0.5, 0.6) is 0 Å². The van der Waals surface area contributed by atoms with Gasteiger partial charge in [0.05, 0.1) is 16.7 Å². The number of hydrogen-bond donors (Lipinski definition) is 0. The zero-order valence-corrected chi connectivity index (χ0v) is 13.9. The molecular weight excluding hydrogens is 283 g/mol. The first kappa shape index (κ1) is 12.7. The smallest absolute Gasteiger partial charge is 0.169 e. The molecule has 1 aliphatic carbocycles. The summed E-state index contributed by atoms with van der Waals surface area (Å²) in [4.78, 5) is 4.88. The molecule has 3 heteroatoms. The molecule has 22 heavy (non-hydrogen) atoms. The minimum atomic E-state index is 0.941. The van der Waals surface area contributed by atoms with Crippen LogP contribution in [0, 0.1) is 6.92 Å². The van der Waals surface area contributed by atoms with Gasteiger partial charge in [0.15, 0.2) is 16.3 Å². The highest BCUT2D eigenvalue weighted by Crippen LogP contribution is 2.42. The Kier molecular flexibility index (Phi) is 2.38. The summed E-state index contributed by atoms with van der Waals surface area (Å²) in [7, 11) is 0. The molecule has 2 heterocycles. The zero-order chi connectivity index (χ0) is 15.0. The van der Waals surface area contributed by atoms with E-state index in [2.05, 4.69) is 65.0 Å². The van der Waals surface area contributed by atoms with Gasteiger partial charge in [-0.25, -0.2) is 4.98 Å². The Balaban J connectivity index is 1.94. The second-order valence-electron chi connectivity index (χ2n) is 6.42. The van der Waals surface area contributed by atoms with Crippen molar-refractivity contribution in [2.24, 2.45) is 0 Å². The first-order valence-electron chi connectivity index (χ1n) is 7.73. The number of para-hydroxylation sites is 1. The van der Waals surface area contributed by atoms with Crippen LogP contribution in [0.4, 0.5) is 0 Å². The van der Waals surface area contributed by atoms with Gasteiger partial charge in [-0.15, -0.1) is 0 Å². The number of aryl methyl sites for hydroxylation is 1. The maximum absolute atomic E-state index is 4.88. The van der Waals surface area contributed by atoms with E-state index in [0.717, 1.165) is 18.4 Å². The zero-order valence-electron chi connectivity index (χ0n) is 12.8. The molecule has 0 bridgehead atoms. The van der Waals surface area contributed by atoms with Gasteiger partial charge < -0.3 is 0 Å². The predicted molar refractivity (Wildman–Crippen MR) is 90.7 cm³/mol. The second-order valence-corrected chi connectivity index (χ2v) is 7.11. The number of hydrogen-bond acceptors (Lipinski definition) is 1. The summed E-state index contributed by atoms with van der Waals surface area (Å²) in [6.45, 7) is 4.43. The fourth-order valence-corrected chi connectivity index (χ4v) is 4.37. The van der Waals surface area contributed by atoms with E-state index in [1.54, 1.807) is 0 Å². The number of fused-ring (bicyclic) bond motifs is 7. The summed E-state index contributed by atoms with van der Waals surface area (Å²) in [5.41, 5.74) is 10.8. The fraction of sp³-hybridized carbons (Fsp3) is 0.211. The van der Waals surface area contributed by atoms with Gasteiger partial charge in [-0.1, -0.05) is 29.8 Å². The molecule has 3 aromatic rings. The molecule has 1 aromatic heterocycles. The van der Waals surface area contributed by atoms with Gasteiger partial charge in [0.2, 0.25) is 0 Å². The largest absolute Gasteiger partial charge is 0.295 e. The number of allylic oxidation sites excluding steroid dienone is 2. The molecule has 2 radical (unpaired) electrons. The first-order valence-corrected chi connectivity index (χ1v) is 8.30. The summed E-state index contributed by atoms with van der Waals surface area (Å²) in [6.07, 6.45) is 2.00.